The fourth-order valence-corrected chi connectivity index (χ4v) is 3.53. The Labute approximate surface area is 70.4 Å². The van der Waals surface area contributed by atoms with Gasteiger partial charge in [-0.1, -0.05) is 26.7 Å². The van der Waals surface area contributed by atoms with Crippen LogP contribution >= 0.6 is 0 Å². The Bertz CT molecular complexity index is 137. The van der Waals surface area contributed by atoms with Crippen molar-refractivity contribution in [3.8, 4) is 0 Å². The number of hydrogen-bond donors (Lipinski definition) is 0. The minimum absolute atomic E-state index is 1.06. The molecule has 2 aliphatic carbocycles. The van der Waals surface area contributed by atoms with Crippen LogP contribution in [0.3, 0.4) is 0 Å². The molecule has 0 N–H and O–H groups in total. The van der Waals surface area contributed by atoms with E-state index in [9.17, 15) is 0 Å². The highest BCUT2D eigenvalue weighted by Crippen LogP contribution is 2.53. The molecule has 0 aromatic rings. The second kappa shape index (κ2) is 2.80. The normalized spacial score (nSPS) is 48.5. The number of fused-ring (bicyclic) bond motifs is 2. The first kappa shape index (κ1) is 7.64. The van der Waals surface area contributed by atoms with E-state index >= 15 is 0 Å². The molecule has 0 aliphatic heterocycles. The maximum atomic E-state index is 2.49. The highest BCUT2D eigenvalue weighted by molar-refractivity contribution is 4.93. The molecule has 0 aromatic carbocycles. The summed E-state index contributed by atoms with van der Waals surface area (Å²) in [6.45, 7) is 4.82. The Hall–Kier alpha value is 0. The Morgan fingerprint density at radius 2 is 1.91 bits per heavy atom. The highest BCUT2D eigenvalue weighted by Gasteiger charge is 2.44. The molecule has 0 nitrogen and oxygen atoms in total. The lowest BCUT2D eigenvalue weighted by atomic mass is 9.78. The first-order valence-electron chi connectivity index (χ1n) is 5.33. The largest absolute Gasteiger partial charge is 0.0654 e. The van der Waals surface area contributed by atoms with Crippen molar-refractivity contribution in [2.45, 2.75) is 46.0 Å². The lowest BCUT2D eigenvalue weighted by Crippen LogP contribution is -2.19. The summed E-state index contributed by atoms with van der Waals surface area (Å²) in [6.07, 6.45) is 7.58. The maximum absolute atomic E-state index is 2.49. The van der Waals surface area contributed by atoms with E-state index in [4.69, 9.17) is 0 Å². The van der Waals surface area contributed by atoms with Crippen molar-refractivity contribution in [1.82, 2.24) is 0 Å². The molecule has 0 amide bonds. The molecular formula is C11H20. The standard InChI is InChI=1S/C11H20/c1-3-4-11-8(2)9-5-6-10(11)7-9/h8-11H,3-7H2,1-2H3/t8-,9?,10?,11?/m1/s1. The van der Waals surface area contributed by atoms with E-state index in [-0.39, 0.29) is 0 Å². The van der Waals surface area contributed by atoms with E-state index in [0.29, 0.717) is 0 Å². The Kier molecular flexibility index (Phi) is 1.95. The lowest BCUT2D eigenvalue weighted by Gasteiger charge is -2.27. The average molecular weight is 152 g/mol. The van der Waals surface area contributed by atoms with Gasteiger partial charge in [0, 0.05) is 0 Å². The lowest BCUT2D eigenvalue weighted by molar-refractivity contribution is 0.224. The van der Waals surface area contributed by atoms with Gasteiger partial charge in [-0.15, -0.1) is 0 Å². The van der Waals surface area contributed by atoms with Gasteiger partial charge in [0.15, 0.2) is 0 Å². The summed E-state index contributed by atoms with van der Waals surface area (Å²) in [6, 6.07) is 0. The van der Waals surface area contributed by atoms with Crippen molar-refractivity contribution in [2.24, 2.45) is 23.7 Å². The van der Waals surface area contributed by atoms with Crippen LogP contribution in [-0.4, -0.2) is 0 Å². The molecule has 2 aliphatic rings. The van der Waals surface area contributed by atoms with Crippen LogP contribution in [0.1, 0.15) is 46.0 Å². The third-order valence-electron chi connectivity index (χ3n) is 4.16. The fraction of sp³-hybridized carbons (Fsp3) is 1.00. The summed E-state index contributed by atoms with van der Waals surface area (Å²) in [5.41, 5.74) is 0. The molecule has 0 radical (unpaired) electrons. The van der Waals surface area contributed by atoms with Crippen LogP contribution in [0.2, 0.25) is 0 Å². The number of hydrogen-bond acceptors (Lipinski definition) is 0. The van der Waals surface area contributed by atoms with E-state index in [1.807, 2.05) is 0 Å². The Balaban J connectivity index is 2.00. The molecule has 0 spiro atoms. The summed E-state index contributed by atoms with van der Waals surface area (Å²) < 4.78 is 0. The van der Waals surface area contributed by atoms with Crippen LogP contribution in [-0.2, 0) is 0 Å². The molecule has 11 heavy (non-hydrogen) atoms. The van der Waals surface area contributed by atoms with Crippen LogP contribution in [0, 0.1) is 23.7 Å². The third kappa shape index (κ3) is 1.11. The molecule has 0 heterocycles. The zero-order valence-electron chi connectivity index (χ0n) is 7.84. The molecule has 0 aromatic heterocycles. The van der Waals surface area contributed by atoms with Crippen LogP contribution in [0.5, 0.6) is 0 Å². The summed E-state index contributed by atoms with van der Waals surface area (Å²) in [5, 5.41) is 0. The van der Waals surface area contributed by atoms with Crippen molar-refractivity contribution in [1.29, 1.82) is 0 Å². The van der Waals surface area contributed by atoms with Crippen molar-refractivity contribution >= 4 is 0 Å². The number of rotatable bonds is 2. The van der Waals surface area contributed by atoms with Gasteiger partial charge < -0.3 is 0 Å². The monoisotopic (exact) mass is 152 g/mol. The van der Waals surface area contributed by atoms with Gasteiger partial charge in [-0.3, -0.25) is 0 Å². The molecule has 0 heteroatoms. The average Bonchev–Trinajstić information content (AvgIpc) is 2.54. The van der Waals surface area contributed by atoms with E-state index in [0.717, 1.165) is 23.7 Å². The van der Waals surface area contributed by atoms with Gasteiger partial charge in [0.2, 0.25) is 0 Å². The van der Waals surface area contributed by atoms with Crippen molar-refractivity contribution < 1.29 is 0 Å². The summed E-state index contributed by atoms with van der Waals surface area (Å²) in [7, 11) is 0. The van der Waals surface area contributed by atoms with Crippen molar-refractivity contribution in [3.63, 3.8) is 0 Å². The van der Waals surface area contributed by atoms with Gasteiger partial charge in [-0.05, 0) is 42.9 Å². The topological polar surface area (TPSA) is 0 Å². The van der Waals surface area contributed by atoms with Gasteiger partial charge in [-0.2, -0.15) is 0 Å². The highest BCUT2D eigenvalue weighted by atomic mass is 14.5. The van der Waals surface area contributed by atoms with E-state index in [1.54, 1.807) is 19.3 Å². The predicted molar refractivity (Wildman–Crippen MR) is 48.4 cm³/mol. The van der Waals surface area contributed by atoms with E-state index in [1.165, 1.54) is 12.8 Å². The molecule has 2 bridgehead atoms. The molecule has 4 atom stereocenters. The second-order valence-electron chi connectivity index (χ2n) is 4.64. The van der Waals surface area contributed by atoms with Gasteiger partial charge in [0.05, 0.1) is 0 Å². The zero-order valence-corrected chi connectivity index (χ0v) is 7.84. The van der Waals surface area contributed by atoms with Crippen LogP contribution in [0.15, 0.2) is 0 Å². The molecule has 3 unspecified atom stereocenters. The van der Waals surface area contributed by atoms with Gasteiger partial charge in [0.25, 0.3) is 0 Å². The van der Waals surface area contributed by atoms with Crippen molar-refractivity contribution in [3.05, 3.63) is 0 Å². The quantitative estimate of drug-likeness (QED) is 0.568. The van der Waals surface area contributed by atoms with Gasteiger partial charge in [0.1, 0.15) is 0 Å². The molecule has 0 saturated heterocycles. The Morgan fingerprint density at radius 3 is 2.45 bits per heavy atom. The molecule has 2 rings (SSSR count). The fourth-order valence-electron chi connectivity index (χ4n) is 3.53. The SMILES string of the molecule is CCCC1C2CCC(C2)[C@H]1C. The molecule has 64 valence electrons. The minimum Gasteiger partial charge on any atom is -0.0654 e. The van der Waals surface area contributed by atoms with Crippen molar-refractivity contribution in [2.75, 3.05) is 0 Å². The minimum atomic E-state index is 1.06. The van der Waals surface area contributed by atoms with Crippen LogP contribution in [0.4, 0.5) is 0 Å². The van der Waals surface area contributed by atoms with Crippen LogP contribution < -0.4 is 0 Å². The smallest absolute Gasteiger partial charge is 0.0357 e. The Morgan fingerprint density at radius 1 is 1.18 bits per heavy atom. The van der Waals surface area contributed by atoms with Gasteiger partial charge >= 0.3 is 0 Å². The maximum Gasteiger partial charge on any atom is -0.0357 e. The molecule has 2 saturated carbocycles. The molecule has 2 fully saturated rings. The van der Waals surface area contributed by atoms with E-state index in [2.05, 4.69) is 13.8 Å². The third-order valence-corrected chi connectivity index (χ3v) is 4.16. The first-order chi connectivity index (χ1) is 5.33. The van der Waals surface area contributed by atoms with Crippen LogP contribution in [0.25, 0.3) is 0 Å². The summed E-state index contributed by atoms with van der Waals surface area (Å²) >= 11 is 0. The zero-order chi connectivity index (χ0) is 7.84. The second-order valence-corrected chi connectivity index (χ2v) is 4.64. The first-order valence-corrected chi connectivity index (χ1v) is 5.33. The van der Waals surface area contributed by atoms with E-state index < -0.39 is 0 Å². The molecular weight excluding hydrogens is 132 g/mol. The van der Waals surface area contributed by atoms with Gasteiger partial charge in [-0.25, -0.2) is 0 Å². The summed E-state index contributed by atoms with van der Waals surface area (Å²) in [4.78, 5) is 0. The predicted octanol–water partition coefficient (Wildman–Crippen LogP) is 3.47. The summed E-state index contributed by atoms with van der Waals surface area (Å²) in [5.74, 6) is 4.43.